The van der Waals surface area contributed by atoms with E-state index in [2.05, 4.69) is 26.0 Å². The lowest BCUT2D eigenvalue weighted by molar-refractivity contribution is 0.402. The summed E-state index contributed by atoms with van der Waals surface area (Å²) in [6, 6.07) is 3.90. The first-order valence-electron chi connectivity index (χ1n) is 8.62. The van der Waals surface area contributed by atoms with Gasteiger partial charge in [-0.05, 0) is 43.7 Å². The van der Waals surface area contributed by atoms with Crippen molar-refractivity contribution in [2.75, 3.05) is 6.67 Å². The van der Waals surface area contributed by atoms with Crippen LogP contribution in [-0.2, 0) is 5.41 Å². The molecule has 5 rings (SSSR count). The van der Waals surface area contributed by atoms with Gasteiger partial charge in [0.2, 0.25) is 5.95 Å². The Morgan fingerprint density at radius 3 is 2.79 bits per heavy atom. The molecular formula is C17H13ClF2N6S2. The Labute approximate surface area is 172 Å². The number of pyridine rings is 1. The lowest BCUT2D eigenvalue weighted by atomic mass is 10.1. The molecule has 0 unspecified atom stereocenters. The summed E-state index contributed by atoms with van der Waals surface area (Å²) >= 11 is 8.79. The molecule has 0 radical (unpaired) electrons. The molecule has 0 aliphatic heterocycles. The Bertz CT molecular complexity index is 1130. The van der Waals surface area contributed by atoms with Crippen LogP contribution in [0.4, 0.5) is 8.78 Å². The Morgan fingerprint density at radius 2 is 2.14 bits per heavy atom. The van der Waals surface area contributed by atoms with E-state index in [1.807, 2.05) is 0 Å². The summed E-state index contributed by atoms with van der Waals surface area (Å²) in [5, 5.41) is 18.8. The number of rotatable bonds is 6. The van der Waals surface area contributed by atoms with Crippen LogP contribution in [0.25, 0.3) is 16.3 Å². The highest BCUT2D eigenvalue weighted by Crippen LogP contribution is 2.49. The zero-order valence-corrected chi connectivity index (χ0v) is 16.8. The minimum atomic E-state index is -0.704. The van der Waals surface area contributed by atoms with Gasteiger partial charge in [0.25, 0.3) is 0 Å². The van der Waals surface area contributed by atoms with Crippen molar-refractivity contribution in [3.05, 3.63) is 28.2 Å². The molecule has 2 aliphatic rings. The van der Waals surface area contributed by atoms with Gasteiger partial charge in [0, 0.05) is 11.1 Å². The number of halogens is 3. The highest BCUT2D eigenvalue weighted by Gasteiger charge is 2.48. The molecule has 0 amide bonds. The van der Waals surface area contributed by atoms with E-state index in [9.17, 15) is 14.0 Å². The summed E-state index contributed by atoms with van der Waals surface area (Å²) < 4.78 is 32.2. The largest absolute Gasteiger partial charge is 0.292 e. The van der Waals surface area contributed by atoms with E-state index in [4.69, 9.17) is 11.6 Å². The number of alkyl halides is 1. The molecule has 2 aliphatic carbocycles. The van der Waals surface area contributed by atoms with E-state index in [0.717, 1.165) is 25.7 Å². The molecule has 28 heavy (non-hydrogen) atoms. The highest BCUT2D eigenvalue weighted by atomic mass is 35.5. The zero-order valence-electron chi connectivity index (χ0n) is 14.4. The van der Waals surface area contributed by atoms with Crippen LogP contribution in [0, 0.1) is 17.3 Å². The minimum absolute atomic E-state index is 0.144. The smallest absolute Gasteiger partial charge is 0.240 e. The molecule has 0 atom stereocenters. The number of fused-ring (bicyclic) bond motifs is 1. The molecule has 1 N–H and O–H groups in total. The van der Waals surface area contributed by atoms with Gasteiger partial charge in [-0.3, -0.25) is 9.12 Å². The Morgan fingerprint density at radius 1 is 1.36 bits per heavy atom. The van der Waals surface area contributed by atoms with E-state index < -0.39 is 23.6 Å². The number of hydrogen-bond acceptors (Lipinski definition) is 7. The predicted octanol–water partition coefficient (Wildman–Crippen LogP) is 4.30. The van der Waals surface area contributed by atoms with Gasteiger partial charge in [0.1, 0.15) is 22.6 Å². The zero-order chi connectivity index (χ0) is 19.5. The molecule has 0 aromatic carbocycles. The fraction of sp³-hybridized carbons (Fsp3) is 0.412. The normalized spacial score (nSPS) is 18.9. The summed E-state index contributed by atoms with van der Waals surface area (Å²) in [6.07, 6.45) is 4.76. The molecule has 6 nitrogen and oxygen atoms in total. The van der Waals surface area contributed by atoms with E-state index in [-0.39, 0.29) is 16.4 Å². The predicted molar refractivity (Wildman–Crippen MR) is 103 cm³/mol. The van der Waals surface area contributed by atoms with Crippen LogP contribution in [0.1, 0.15) is 30.7 Å². The van der Waals surface area contributed by atoms with Crippen LogP contribution < -0.4 is 4.72 Å². The van der Waals surface area contributed by atoms with Crippen molar-refractivity contribution in [2.24, 2.45) is 0 Å². The van der Waals surface area contributed by atoms with Crippen LogP contribution in [0.15, 0.2) is 17.2 Å². The quantitative estimate of drug-likeness (QED) is 0.578. The van der Waals surface area contributed by atoms with Crippen molar-refractivity contribution in [3.63, 3.8) is 0 Å². The van der Waals surface area contributed by atoms with Gasteiger partial charge in [-0.15, -0.1) is 10.2 Å². The lowest BCUT2D eigenvalue weighted by Crippen LogP contribution is -2.27. The number of hydrogen-bond donors (Lipinski definition) is 1. The third-order valence-electron chi connectivity index (χ3n) is 5.10. The van der Waals surface area contributed by atoms with Gasteiger partial charge in [0.05, 0.1) is 16.6 Å². The molecule has 2 fully saturated rings. The SMILES string of the molecule is N#CC1(c2nnc(-c3nc(F)c4c(Cl)cc(SNC5(CF)CC5)cn34)s2)CC1. The molecule has 144 valence electrons. The second-order valence-corrected chi connectivity index (χ2v) is 9.46. The fourth-order valence-corrected chi connectivity index (χ4v) is 5.20. The van der Waals surface area contributed by atoms with Gasteiger partial charge < -0.3 is 0 Å². The third kappa shape index (κ3) is 2.88. The molecule has 3 heterocycles. The van der Waals surface area contributed by atoms with E-state index >= 15 is 0 Å². The number of nitrogens with zero attached hydrogens (tertiary/aromatic N) is 5. The van der Waals surface area contributed by atoms with Gasteiger partial charge in [-0.2, -0.15) is 14.6 Å². The summed E-state index contributed by atoms with van der Waals surface area (Å²) in [5.41, 5.74) is -0.889. The average Bonchev–Trinajstić information content (AvgIpc) is 3.59. The maximum atomic E-state index is 14.5. The lowest BCUT2D eigenvalue weighted by Gasteiger charge is -2.12. The van der Waals surface area contributed by atoms with Crippen molar-refractivity contribution in [1.29, 1.82) is 5.26 Å². The maximum Gasteiger partial charge on any atom is 0.240 e. The molecular weight excluding hydrogens is 426 g/mol. The van der Waals surface area contributed by atoms with Crippen LogP contribution in [-0.4, -0.2) is 31.8 Å². The number of imidazole rings is 1. The van der Waals surface area contributed by atoms with Gasteiger partial charge in [-0.25, -0.2) is 4.39 Å². The van der Waals surface area contributed by atoms with Crippen molar-refractivity contribution in [2.45, 2.75) is 41.5 Å². The Kier molecular flexibility index (Phi) is 4.14. The van der Waals surface area contributed by atoms with Crippen LogP contribution in [0.2, 0.25) is 5.02 Å². The molecule has 3 aromatic rings. The second kappa shape index (κ2) is 6.35. The number of nitrogens with one attached hydrogen (secondary N) is 1. The van der Waals surface area contributed by atoms with Gasteiger partial charge in [-0.1, -0.05) is 22.9 Å². The van der Waals surface area contributed by atoms with Gasteiger partial charge >= 0.3 is 0 Å². The molecule has 3 aromatic heterocycles. The topological polar surface area (TPSA) is 78.9 Å². The molecule has 2 saturated carbocycles. The van der Waals surface area contributed by atoms with Crippen molar-refractivity contribution in [3.8, 4) is 16.9 Å². The first-order chi connectivity index (χ1) is 13.5. The third-order valence-corrected chi connectivity index (χ3v) is 7.51. The Balaban J connectivity index is 1.53. The second-order valence-electron chi connectivity index (χ2n) is 7.19. The molecule has 11 heteroatoms. The molecule has 0 bridgehead atoms. The number of nitriles is 1. The highest BCUT2D eigenvalue weighted by molar-refractivity contribution is 7.97. The van der Waals surface area contributed by atoms with E-state index in [0.29, 0.717) is 14.9 Å². The summed E-state index contributed by atoms with van der Waals surface area (Å²) in [7, 11) is 0. The maximum absolute atomic E-state index is 14.5. The monoisotopic (exact) mass is 438 g/mol. The van der Waals surface area contributed by atoms with Crippen molar-refractivity contribution in [1.82, 2.24) is 24.3 Å². The van der Waals surface area contributed by atoms with E-state index in [1.54, 1.807) is 12.3 Å². The fourth-order valence-electron chi connectivity index (χ4n) is 2.90. The first kappa shape index (κ1) is 18.2. The van der Waals surface area contributed by atoms with Crippen LogP contribution >= 0.6 is 34.9 Å². The molecule has 0 saturated heterocycles. The summed E-state index contributed by atoms with van der Waals surface area (Å²) in [6.45, 7) is -0.435. The van der Waals surface area contributed by atoms with Crippen LogP contribution in [0.3, 0.4) is 0 Å². The van der Waals surface area contributed by atoms with Crippen molar-refractivity contribution < 1.29 is 8.78 Å². The number of aromatic nitrogens is 4. The molecule has 0 spiro atoms. The first-order valence-corrected chi connectivity index (χ1v) is 10.6. The van der Waals surface area contributed by atoms with Crippen molar-refractivity contribution >= 4 is 40.4 Å². The summed E-state index contributed by atoms with van der Waals surface area (Å²) in [5.74, 6) is -0.425. The summed E-state index contributed by atoms with van der Waals surface area (Å²) in [4.78, 5) is 4.69. The minimum Gasteiger partial charge on any atom is -0.292 e. The Hall–Kier alpha value is -1.80. The van der Waals surface area contributed by atoms with Gasteiger partial charge in [0.15, 0.2) is 10.8 Å². The van der Waals surface area contributed by atoms with Crippen LogP contribution in [0.5, 0.6) is 0 Å². The van der Waals surface area contributed by atoms with E-state index in [1.165, 1.54) is 27.7 Å². The average molecular weight is 439 g/mol. The standard InChI is InChI=1S/C17H13ClF2N6S2/c18-10-5-9(28-25-17(7-19)3-4-17)6-26-11(10)12(20)22-13(26)14-23-24-15(27-14)16(8-21)1-2-16/h5-6,25H,1-4,7H2.